The lowest BCUT2D eigenvalue weighted by atomic mass is 10.4. The Morgan fingerprint density at radius 1 is 1.15 bits per heavy atom. The first kappa shape index (κ1) is 16.7. The van der Waals surface area contributed by atoms with Gasteiger partial charge in [0.1, 0.15) is 0 Å². The van der Waals surface area contributed by atoms with Gasteiger partial charge in [0.05, 0.1) is 12.3 Å². The molecule has 0 saturated carbocycles. The fourth-order valence-electron chi connectivity index (χ4n) is 1.77. The van der Waals surface area contributed by atoms with Crippen molar-refractivity contribution in [3.8, 4) is 0 Å². The fraction of sp³-hybridized carbons (Fsp3) is 0.818. The van der Waals surface area contributed by atoms with Crippen molar-refractivity contribution >= 4 is 22.0 Å². The predicted molar refractivity (Wildman–Crippen MR) is 74.7 cm³/mol. The van der Waals surface area contributed by atoms with Crippen molar-refractivity contribution in [3.63, 3.8) is 0 Å². The van der Waals surface area contributed by atoms with Gasteiger partial charge in [-0.15, -0.1) is 0 Å². The molecule has 1 heterocycles. The average Bonchev–Trinajstić information content (AvgIpc) is 2.44. The number of likely N-dealkylation sites (N-methyl/N-ethyl adjacent to an activating group) is 1. The fourth-order valence-corrected chi connectivity index (χ4v) is 2.86. The number of sulfonamides is 1. The zero-order valence-corrected chi connectivity index (χ0v) is 12.9. The molecule has 0 aromatic rings. The van der Waals surface area contributed by atoms with Crippen molar-refractivity contribution in [1.29, 1.82) is 0 Å². The summed E-state index contributed by atoms with van der Waals surface area (Å²) in [5, 5.41) is 2.53. The van der Waals surface area contributed by atoms with Crippen LogP contribution in [-0.2, 0) is 14.8 Å². The number of rotatable bonds is 4. The number of urea groups is 1. The minimum absolute atomic E-state index is 0.0562. The Bertz CT molecular complexity index is 455. The summed E-state index contributed by atoms with van der Waals surface area (Å²) in [7, 11) is 0.0348. The predicted octanol–water partition coefficient (Wildman–Crippen LogP) is -1.25. The maximum Gasteiger partial charge on any atom is 0.317 e. The van der Waals surface area contributed by atoms with E-state index in [2.05, 4.69) is 5.32 Å². The molecule has 1 aliphatic rings. The molecule has 0 bridgehead atoms. The van der Waals surface area contributed by atoms with Crippen LogP contribution in [0.2, 0.25) is 0 Å². The van der Waals surface area contributed by atoms with Crippen LogP contribution in [-0.4, -0.2) is 87.0 Å². The molecule has 1 rings (SSSR count). The van der Waals surface area contributed by atoms with E-state index in [-0.39, 0.29) is 24.2 Å². The van der Waals surface area contributed by atoms with E-state index in [4.69, 9.17) is 0 Å². The van der Waals surface area contributed by atoms with E-state index >= 15 is 0 Å². The number of hydrogen-bond donors (Lipinski definition) is 1. The van der Waals surface area contributed by atoms with Gasteiger partial charge >= 0.3 is 6.03 Å². The van der Waals surface area contributed by atoms with Crippen LogP contribution in [0.3, 0.4) is 0 Å². The maximum atomic E-state index is 11.8. The summed E-state index contributed by atoms with van der Waals surface area (Å²) in [5.74, 6) is -0.123. The van der Waals surface area contributed by atoms with Crippen LogP contribution in [0.25, 0.3) is 0 Å². The Hall–Kier alpha value is -1.35. The zero-order valence-electron chi connectivity index (χ0n) is 12.1. The SMILES string of the molecule is CCS(=O)(=O)N1CCN(C(=O)NCC(=O)N(C)C)CC1. The maximum absolute atomic E-state index is 11.8. The molecule has 20 heavy (non-hydrogen) atoms. The van der Waals surface area contributed by atoms with E-state index in [1.807, 2.05) is 0 Å². The van der Waals surface area contributed by atoms with Gasteiger partial charge in [-0.1, -0.05) is 0 Å². The number of carbonyl (C=O) groups is 2. The van der Waals surface area contributed by atoms with Crippen LogP contribution in [0, 0.1) is 0 Å². The largest absolute Gasteiger partial charge is 0.347 e. The lowest BCUT2D eigenvalue weighted by Gasteiger charge is -2.33. The second-order valence-electron chi connectivity index (χ2n) is 4.73. The highest BCUT2D eigenvalue weighted by Gasteiger charge is 2.27. The van der Waals surface area contributed by atoms with E-state index in [0.717, 1.165) is 0 Å². The summed E-state index contributed by atoms with van der Waals surface area (Å²) in [5.41, 5.74) is 0. The minimum Gasteiger partial charge on any atom is -0.347 e. The van der Waals surface area contributed by atoms with Crippen molar-refractivity contribution in [2.24, 2.45) is 0 Å². The van der Waals surface area contributed by atoms with Gasteiger partial charge in [0.2, 0.25) is 15.9 Å². The Kier molecular flexibility index (Phi) is 5.75. The van der Waals surface area contributed by atoms with Crippen LogP contribution < -0.4 is 5.32 Å². The molecule has 0 aromatic heterocycles. The highest BCUT2D eigenvalue weighted by Crippen LogP contribution is 2.07. The summed E-state index contributed by atoms with van der Waals surface area (Å²) in [6, 6.07) is -0.339. The molecule has 0 aromatic carbocycles. The molecule has 0 atom stereocenters. The minimum atomic E-state index is -3.19. The summed E-state index contributed by atoms with van der Waals surface area (Å²) in [4.78, 5) is 26.1. The molecule has 9 heteroatoms. The van der Waals surface area contributed by atoms with Crippen molar-refractivity contribution in [2.75, 3.05) is 52.6 Å². The van der Waals surface area contributed by atoms with Crippen molar-refractivity contribution < 1.29 is 18.0 Å². The quantitative estimate of drug-likeness (QED) is 0.703. The van der Waals surface area contributed by atoms with Crippen molar-refractivity contribution in [2.45, 2.75) is 6.92 Å². The molecule has 0 aliphatic carbocycles. The first-order chi connectivity index (χ1) is 9.27. The molecule has 1 saturated heterocycles. The lowest BCUT2D eigenvalue weighted by Crippen LogP contribution is -2.54. The van der Waals surface area contributed by atoms with Gasteiger partial charge in [0.15, 0.2) is 0 Å². The number of piperazine rings is 1. The third-order valence-corrected chi connectivity index (χ3v) is 5.06. The molecule has 0 radical (unpaired) electrons. The molecule has 116 valence electrons. The van der Waals surface area contributed by atoms with Crippen molar-refractivity contribution in [1.82, 2.24) is 19.4 Å². The van der Waals surface area contributed by atoms with Gasteiger partial charge in [-0.05, 0) is 6.92 Å². The highest BCUT2D eigenvalue weighted by atomic mass is 32.2. The lowest BCUT2D eigenvalue weighted by molar-refractivity contribution is -0.127. The Labute approximate surface area is 119 Å². The summed E-state index contributed by atoms with van der Waals surface area (Å²) in [6.07, 6.45) is 0. The van der Waals surface area contributed by atoms with Crippen molar-refractivity contribution in [3.05, 3.63) is 0 Å². The number of nitrogens with zero attached hydrogens (tertiary/aromatic N) is 3. The topological polar surface area (TPSA) is 90.0 Å². The second-order valence-corrected chi connectivity index (χ2v) is 6.99. The van der Waals surface area contributed by atoms with Gasteiger partial charge < -0.3 is 15.1 Å². The van der Waals surface area contributed by atoms with E-state index in [1.54, 1.807) is 21.0 Å². The standard InChI is InChI=1S/C11H22N4O4S/c1-4-20(18,19)15-7-5-14(6-8-15)11(17)12-9-10(16)13(2)3/h4-9H2,1-3H3,(H,12,17). The second kappa shape index (κ2) is 6.89. The average molecular weight is 306 g/mol. The summed E-state index contributed by atoms with van der Waals surface area (Å²) in [6.45, 7) is 2.81. The molecule has 1 fully saturated rings. The Morgan fingerprint density at radius 2 is 1.70 bits per heavy atom. The van der Waals surface area contributed by atoms with E-state index in [9.17, 15) is 18.0 Å². The molecule has 3 amide bonds. The Morgan fingerprint density at radius 3 is 2.15 bits per heavy atom. The van der Waals surface area contributed by atoms with Gasteiger partial charge in [0.25, 0.3) is 0 Å². The van der Waals surface area contributed by atoms with Crippen LogP contribution in [0.4, 0.5) is 4.79 Å². The number of nitrogens with one attached hydrogen (secondary N) is 1. The number of carbonyl (C=O) groups excluding carboxylic acids is 2. The number of amides is 3. The summed E-state index contributed by atoms with van der Waals surface area (Å²) >= 11 is 0. The first-order valence-corrected chi connectivity index (χ1v) is 8.09. The third kappa shape index (κ3) is 4.34. The number of hydrogen-bond acceptors (Lipinski definition) is 4. The van der Waals surface area contributed by atoms with Crippen LogP contribution in [0.1, 0.15) is 6.92 Å². The molecule has 0 spiro atoms. The zero-order chi connectivity index (χ0) is 15.3. The molecule has 0 unspecified atom stereocenters. The van der Waals surface area contributed by atoms with Gasteiger partial charge in [-0.3, -0.25) is 4.79 Å². The van der Waals surface area contributed by atoms with Crippen LogP contribution in [0.5, 0.6) is 0 Å². The normalized spacial score (nSPS) is 16.9. The molecule has 1 aliphatic heterocycles. The molecular formula is C11H22N4O4S. The van der Waals surface area contributed by atoms with E-state index in [1.165, 1.54) is 14.1 Å². The first-order valence-electron chi connectivity index (χ1n) is 6.48. The highest BCUT2D eigenvalue weighted by molar-refractivity contribution is 7.89. The molecule has 1 N–H and O–H groups in total. The monoisotopic (exact) mass is 306 g/mol. The van der Waals surface area contributed by atoms with Gasteiger partial charge in [0, 0.05) is 40.3 Å². The van der Waals surface area contributed by atoms with E-state index in [0.29, 0.717) is 26.2 Å². The summed E-state index contributed by atoms with van der Waals surface area (Å²) < 4.78 is 24.7. The van der Waals surface area contributed by atoms with Gasteiger partial charge in [-0.25, -0.2) is 13.2 Å². The van der Waals surface area contributed by atoms with E-state index < -0.39 is 10.0 Å². The smallest absolute Gasteiger partial charge is 0.317 e. The van der Waals surface area contributed by atoms with Crippen LogP contribution in [0.15, 0.2) is 0 Å². The molecular weight excluding hydrogens is 284 g/mol. The van der Waals surface area contributed by atoms with Gasteiger partial charge in [-0.2, -0.15) is 4.31 Å². The molecule has 8 nitrogen and oxygen atoms in total. The Balaban J connectivity index is 2.42. The third-order valence-electron chi connectivity index (χ3n) is 3.17. The van der Waals surface area contributed by atoms with Crippen LogP contribution >= 0.6 is 0 Å².